The van der Waals surface area contributed by atoms with Gasteiger partial charge in [0.15, 0.2) is 0 Å². The topological polar surface area (TPSA) is 58.2 Å². The van der Waals surface area contributed by atoms with Gasteiger partial charge in [-0.05, 0) is 43.0 Å². The van der Waals surface area contributed by atoms with Gasteiger partial charge in [-0.25, -0.2) is 13.1 Å². The third-order valence-corrected chi connectivity index (χ3v) is 5.28. The van der Waals surface area contributed by atoms with Crippen LogP contribution in [0.5, 0.6) is 0 Å². The second-order valence-corrected chi connectivity index (χ2v) is 7.96. The standard InChI is InChI=1S/C16H28N2O2S/c1-6-16(4,5)12-18-21(19,20)15-10-8-9-14(11-15)13(3)17-7-2/h8-11,13,17-18H,6-7,12H2,1-5H3. The van der Waals surface area contributed by atoms with E-state index in [1.54, 1.807) is 18.2 Å². The number of nitrogens with one attached hydrogen (secondary N) is 2. The molecule has 1 atom stereocenters. The smallest absolute Gasteiger partial charge is 0.240 e. The summed E-state index contributed by atoms with van der Waals surface area (Å²) in [6.45, 7) is 11.5. The molecule has 0 radical (unpaired) electrons. The average molecular weight is 312 g/mol. The van der Waals surface area contributed by atoms with E-state index >= 15 is 0 Å². The van der Waals surface area contributed by atoms with E-state index in [4.69, 9.17) is 0 Å². The minimum absolute atomic E-state index is 0.0399. The van der Waals surface area contributed by atoms with Crippen LogP contribution in [0.2, 0.25) is 0 Å². The molecule has 1 unspecified atom stereocenters. The maximum absolute atomic E-state index is 12.4. The average Bonchev–Trinajstić information content (AvgIpc) is 2.46. The summed E-state index contributed by atoms with van der Waals surface area (Å²) in [6, 6.07) is 7.26. The van der Waals surface area contributed by atoms with Gasteiger partial charge in [0.1, 0.15) is 0 Å². The van der Waals surface area contributed by atoms with Crippen molar-refractivity contribution in [3.63, 3.8) is 0 Å². The summed E-state index contributed by atoms with van der Waals surface area (Å²) >= 11 is 0. The second kappa shape index (κ2) is 7.38. The maximum Gasteiger partial charge on any atom is 0.240 e. The fraction of sp³-hybridized carbons (Fsp3) is 0.625. The van der Waals surface area contributed by atoms with Gasteiger partial charge in [0.25, 0.3) is 0 Å². The van der Waals surface area contributed by atoms with Gasteiger partial charge in [0.2, 0.25) is 10.0 Å². The highest BCUT2D eigenvalue weighted by Gasteiger charge is 2.21. The molecule has 5 heteroatoms. The lowest BCUT2D eigenvalue weighted by molar-refractivity contribution is 0.350. The van der Waals surface area contributed by atoms with Crippen molar-refractivity contribution in [1.29, 1.82) is 0 Å². The Morgan fingerprint density at radius 1 is 1.24 bits per heavy atom. The Hall–Kier alpha value is -0.910. The molecule has 21 heavy (non-hydrogen) atoms. The first-order chi connectivity index (χ1) is 9.72. The monoisotopic (exact) mass is 312 g/mol. The molecular formula is C16H28N2O2S. The molecule has 0 saturated heterocycles. The summed E-state index contributed by atoms with van der Waals surface area (Å²) in [4.78, 5) is 0.330. The molecule has 1 aromatic carbocycles. The highest BCUT2D eigenvalue weighted by atomic mass is 32.2. The van der Waals surface area contributed by atoms with Gasteiger partial charge in [0.05, 0.1) is 4.90 Å². The lowest BCUT2D eigenvalue weighted by Crippen LogP contribution is -2.33. The van der Waals surface area contributed by atoms with Crippen molar-refractivity contribution in [2.75, 3.05) is 13.1 Å². The second-order valence-electron chi connectivity index (χ2n) is 6.19. The zero-order valence-corrected chi connectivity index (χ0v) is 14.5. The number of benzene rings is 1. The summed E-state index contributed by atoms with van der Waals surface area (Å²) < 4.78 is 27.5. The zero-order chi connectivity index (χ0) is 16.1. The summed E-state index contributed by atoms with van der Waals surface area (Å²) in [5.41, 5.74) is 0.941. The van der Waals surface area contributed by atoms with E-state index in [-0.39, 0.29) is 11.5 Å². The summed E-state index contributed by atoms with van der Waals surface area (Å²) in [6.07, 6.45) is 0.924. The molecule has 0 saturated carbocycles. The van der Waals surface area contributed by atoms with Crippen LogP contribution in [0.4, 0.5) is 0 Å². The molecule has 0 aliphatic rings. The Balaban J connectivity index is 2.91. The van der Waals surface area contributed by atoms with E-state index in [0.29, 0.717) is 11.4 Å². The predicted molar refractivity (Wildman–Crippen MR) is 87.8 cm³/mol. The molecule has 0 heterocycles. The minimum Gasteiger partial charge on any atom is -0.310 e. The van der Waals surface area contributed by atoms with Crippen LogP contribution < -0.4 is 10.0 Å². The van der Waals surface area contributed by atoms with Crippen LogP contribution in [0.1, 0.15) is 52.6 Å². The van der Waals surface area contributed by atoms with Crippen LogP contribution in [0, 0.1) is 5.41 Å². The number of rotatable bonds is 8. The first-order valence-corrected chi connectivity index (χ1v) is 9.03. The maximum atomic E-state index is 12.4. The van der Waals surface area contributed by atoms with Gasteiger partial charge in [0, 0.05) is 12.6 Å². The molecule has 0 aliphatic heterocycles. The zero-order valence-electron chi connectivity index (χ0n) is 13.7. The molecule has 0 fully saturated rings. The molecule has 0 bridgehead atoms. The van der Waals surface area contributed by atoms with Crippen LogP contribution in [0.15, 0.2) is 29.2 Å². The van der Waals surface area contributed by atoms with Gasteiger partial charge in [-0.1, -0.05) is 39.8 Å². The van der Waals surface area contributed by atoms with E-state index in [1.165, 1.54) is 0 Å². The Labute approximate surface area is 129 Å². The summed E-state index contributed by atoms with van der Waals surface area (Å²) in [5.74, 6) is 0. The van der Waals surface area contributed by atoms with Crippen molar-refractivity contribution in [3.8, 4) is 0 Å². The molecule has 0 spiro atoms. The Bertz CT molecular complexity index is 553. The van der Waals surface area contributed by atoms with Gasteiger partial charge in [-0.15, -0.1) is 0 Å². The van der Waals surface area contributed by atoms with Crippen LogP contribution in [-0.2, 0) is 10.0 Å². The molecule has 0 amide bonds. The molecule has 0 aliphatic carbocycles. The summed E-state index contributed by atoms with van der Waals surface area (Å²) in [5, 5.41) is 3.29. The fourth-order valence-electron chi connectivity index (χ4n) is 1.87. The van der Waals surface area contributed by atoms with Crippen molar-refractivity contribution in [2.24, 2.45) is 5.41 Å². The molecule has 1 rings (SSSR count). The Morgan fingerprint density at radius 3 is 2.48 bits per heavy atom. The van der Waals surface area contributed by atoms with Crippen molar-refractivity contribution in [1.82, 2.24) is 10.0 Å². The van der Waals surface area contributed by atoms with Crippen molar-refractivity contribution < 1.29 is 8.42 Å². The van der Waals surface area contributed by atoms with Gasteiger partial charge >= 0.3 is 0 Å². The van der Waals surface area contributed by atoms with Crippen LogP contribution in [0.25, 0.3) is 0 Å². The normalized spacial score (nSPS) is 14.1. The SMILES string of the molecule is CCNC(C)c1cccc(S(=O)(=O)NCC(C)(C)CC)c1. The third-order valence-electron chi connectivity index (χ3n) is 3.88. The van der Waals surface area contributed by atoms with Gasteiger partial charge < -0.3 is 5.32 Å². The number of hydrogen-bond donors (Lipinski definition) is 2. The Morgan fingerprint density at radius 2 is 1.90 bits per heavy atom. The number of sulfonamides is 1. The quantitative estimate of drug-likeness (QED) is 0.775. The van der Waals surface area contributed by atoms with Gasteiger partial charge in [-0.3, -0.25) is 0 Å². The molecule has 4 nitrogen and oxygen atoms in total. The van der Waals surface area contributed by atoms with E-state index in [9.17, 15) is 8.42 Å². The highest BCUT2D eigenvalue weighted by Crippen LogP contribution is 2.21. The highest BCUT2D eigenvalue weighted by molar-refractivity contribution is 7.89. The fourth-order valence-corrected chi connectivity index (χ4v) is 3.17. The lowest BCUT2D eigenvalue weighted by Gasteiger charge is -2.23. The van der Waals surface area contributed by atoms with Crippen molar-refractivity contribution in [3.05, 3.63) is 29.8 Å². The molecule has 1 aromatic rings. The van der Waals surface area contributed by atoms with Gasteiger partial charge in [-0.2, -0.15) is 0 Å². The van der Waals surface area contributed by atoms with E-state index < -0.39 is 10.0 Å². The van der Waals surface area contributed by atoms with Crippen LogP contribution in [-0.4, -0.2) is 21.5 Å². The van der Waals surface area contributed by atoms with Crippen LogP contribution in [0.3, 0.4) is 0 Å². The summed E-state index contributed by atoms with van der Waals surface area (Å²) in [7, 11) is -3.45. The largest absolute Gasteiger partial charge is 0.310 e. The minimum atomic E-state index is -3.45. The van der Waals surface area contributed by atoms with E-state index in [1.807, 2.05) is 19.9 Å². The third kappa shape index (κ3) is 5.41. The van der Waals surface area contributed by atoms with Crippen LogP contribution >= 0.6 is 0 Å². The van der Waals surface area contributed by atoms with Crippen molar-refractivity contribution >= 4 is 10.0 Å². The Kier molecular flexibility index (Phi) is 6.38. The molecule has 2 N–H and O–H groups in total. The van der Waals surface area contributed by atoms with Crippen molar-refractivity contribution in [2.45, 2.75) is 52.0 Å². The van der Waals surface area contributed by atoms with E-state index in [2.05, 4.69) is 30.8 Å². The molecule has 0 aromatic heterocycles. The lowest BCUT2D eigenvalue weighted by atomic mass is 9.91. The molecular weight excluding hydrogens is 284 g/mol. The predicted octanol–water partition coefficient (Wildman–Crippen LogP) is 3.07. The van der Waals surface area contributed by atoms with E-state index in [0.717, 1.165) is 18.5 Å². The first-order valence-electron chi connectivity index (χ1n) is 7.55. The molecule has 120 valence electrons. The first kappa shape index (κ1) is 18.1. The number of hydrogen-bond acceptors (Lipinski definition) is 3.